The molecule has 3 aromatic rings. The van der Waals surface area contributed by atoms with E-state index in [9.17, 15) is 20.0 Å². The van der Waals surface area contributed by atoms with Crippen molar-refractivity contribution in [3.63, 3.8) is 0 Å². The second-order valence-electron chi connectivity index (χ2n) is 4.96. The molecule has 10 nitrogen and oxygen atoms in total. The summed E-state index contributed by atoms with van der Waals surface area (Å²) in [6, 6.07) is 6.61. The molecule has 0 fully saturated rings. The predicted octanol–water partition coefficient (Wildman–Crippen LogP) is 1.11. The van der Waals surface area contributed by atoms with Crippen LogP contribution in [0.4, 0.5) is 5.69 Å². The number of H-pyrrole nitrogens is 2. The maximum atomic E-state index is 12.4. The largest absolute Gasteiger partial charge is 0.493 e. The SMILES string of the molecule is CSc1nc(O)c(C(=O)Nc2ccc(-c3cn[nH]n3)cc2C#N)c(=O)[nH]1. The van der Waals surface area contributed by atoms with E-state index in [2.05, 4.69) is 30.7 Å². The summed E-state index contributed by atoms with van der Waals surface area (Å²) < 4.78 is 0. The van der Waals surface area contributed by atoms with Crippen LogP contribution in [0.3, 0.4) is 0 Å². The minimum atomic E-state index is -0.880. The van der Waals surface area contributed by atoms with Gasteiger partial charge in [0.1, 0.15) is 11.8 Å². The number of aromatic amines is 2. The Morgan fingerprint density at radius 2 is 2.23 bits per heavy atom. The molecule has 26 heavy (non-hydrogen) atoms. The van der Waals surface area contributed by atoms with Crippen LogP contribution >= 0.6 is 11.8 Å². The zero-order valence-electron chi connectivity index (χ0n) is 13.3. The summed E-state index contributed by atoms with van der Waals surface area (Å²) in [5.74, 6) is -1.57. The number of nitriles is 1. The van der Waals surface area contributed by atoms with E-state index in [0.717, 1.165) is 11.8 Å². The van der Waals surface area contributed by atoms with E-state index in [1.165, 1.54) is 18.3 Å². The number of hydrogen-bond acceptors (Lipinski definition) is 8. The Morgan fingerprint density at radius 3 is 2.85 bits per heavy atom. The predicted molar refractivity (Wildman–Crippen MR) is 92.8 cm³/mol. The Labute approximate surface area is 150 Å². The molecular weight excluding hydrogens is 358 g/mol. The van der Waals surface area contributed by atoms with Gasteiger partial charge in [0.2, 0.25) is 5.88 Å². The molecule has 0 aliphatic rings. The van der Waals surface area contributed by atoms with Crippen molar-refractivity contribution in [2.75, 3.05) is 11.6 Å². The topological polar surface area (TPSA) is 160 Å². The van der Waals surface area contributed by atoms with Crippen LogP contribution in [0.25, 0.3) is 11.3 Å². The van der Waals surface area contributed by atoms with E-state index in [1.807, 2.05) is 6.07 Å². The Morgan fingerprint density at radius 1 is 1.42 bits per heavy atom. The molecule has 0 saturated heterocycles. The smallest absolute Gasteiger partial charge is 0.268 e. The number of carbonyl (C=O) groups is 1. The average Bonchev–Trinajstić information content (AvgIpc) is 3.16. The summed E-state index contributed by atoms with van der Waals surface area (Å²) in [5.41, 5.74) is 0.176. The first-order chi connectivity index (χ1) is 12.5. The minimum absolute atomic E-state index is 0.156. The van der Waals surface area contributed by atoms with Gasteiger partial charge in [0.05, 0.1) is 17.4 Å². The number of aromatic hydroxyl groups is 1. The van der Waals surface area contributed by atoms with Gasteiger partial charge in [-0.2, -0.15) is 25.7 Å². The van der Waals surface area contributed by atoms with E-state index >= 15 is 0 Å². The van der Waals surface area contributed by atoms with Crippen molar-refractivity contribution >= 4 is 23.4 Å². The zero-order chi connectivity index (χ0) is 18.7. The molecule has 0 aliphatic heterocycles. The van der Waals surface area contributed by atoms with Gasteiger partial charge in [-0.05, 0) is 18.4 Å². The first kappa shape index (κ1) is 17.2. The fraction of sp³-hybridized carbons (Fsp3) is 0.0667. The van der Waals surface area contributed by atoms with E-state index in [-0.39, 0.29) is 16.4 Å². The molecule has 11 heteroatoms. The molecule has 1 aromatic carbocycles. The quantitative estimate of drug-likeness (QED) is 0.393. The number of rotatable bonds is 4. The van der Waals surface area contributed by atoms with Crippen LogP contribution in [0.2, 0.25) is 0 Å². The summed E-state index contributed by atoms with van der Waals surface area (Å²) >= 11 is 1.11. The highest BCUT2D eigenvalue weighted by atomic mass is 32.2. The molecule has 0 bridgehead atoms. The molecular formula is C15H11N7O3S. The minimum Gasteiger partial charge on any atom is -0.493 e. The van der Waals surface area contributed by atoms with Gasteiger partial charge >= 0.3 is 0 Å². The lowest BCUT2D eigenvalue weighted by Crippen LogP contribution is -2.24. The number of carbonyl (C=O) groups excluding carboxylic acids is 1. The number of aromatic nitrogens is 5. The monoisotopic (exact) mass is 369 g/mol. The lowest BCUT2D eigenvalue weighted by atomic mass is 10.1. The summed E-state index contributed by atoms with van der Waals surface area (Å²) in [5, 5.41) is 31.9. The van der Waals surface area contributed by atoms with Gasteiger partial charge in [-0.25, -0.2) is 0 Å². The van der Waals surface area contributed by atoms with Gasteiger partial charge in [0, 0.05) is 5.56 Å². The number of anilines is 1. The van der Waals surface area contributed by atoms with E-state index in [0.29, 0.717) is 11.3 Å². The summed E-state index contributed by atoms with van der Waals surface area (Å²) in [6.45, 7) is 0. The third-order valence-electron chi connectivity index (χ3n) is 3.40. The van der Waals surface area contributed by atoms with Crippen LogP contribution in [0.1, 0.15) is 15.9 Å². The number of nitrogens with one attached hydrogen (secondary N) is 3. The van der Waals surface area contributed by atoms with Gasteiger partial charge in [-0.1, -0.05) is 17.8 Å². The second-order valence-corrected chi connectivity index (χ2v) is 5.75. The molecule has 0 spiro atoms. The number of amides is 1. The van der Waals surface area contributed by atoms with Crippen LogP contribution in [0.5, 0.6) is 5.88 Å². The van der Waals surface area contributed by atoms with Gasteiger partial charge in [0.15, 0.2) is 10.7 Å². The fourth-order valence-corrected chi connectivity index (χ4v) is 2.55. The number of thioether (sulfide) groups is 1. The molecule has 0 atom stereocenters. The van der Waals surface area contributed by atoms with Crippen molar-refractivity contribution in [3.8, 4) is 23.2 Å². The summed E-state index contributed by atoms with van der Waals surface area (Å²) in [7, 11) is 0. The van der Waals surface area contributed by atoms with Crippen LogP contribution in [-0.4, -0.2) is 42.6 Å². The van der Waals surface area contributed by atoms with Crippen LogP contribution in [0.15, 0.2) is 34.3 Å². The highest BCUT2D eigenvalue weighted by Gasteiger charge is 2.20. The third-order valence-corrected chi connectivity index (χ3v) is 3.98. The molecule has 0 radical (unpaired) electrons. The highest BCUT2D eigenvalue weighted by Crippen LogP contribution is 2.24. The maximum Gasteiger partial charge on any atom is 0.268 e. The van der Waals surface area contributed by atoms with Crippen molar-refractivity contribution in [1.82, 2.24) is 25.4 Å². The van der Waals surface area contributed by atoms with Crippen LogP contribution in [0, 0.1) is 11.3 Å². The third kappa shape index (κ3) is 3.26. The molecule has 0 saturated carbocycles. The number of benzene rings is 1. The molecule has 4 N–H and O–H groups in total. The van der Waals surface area contributed by atoms with Crippen LogP contribution in [-0.2, 0) is 0 Å². The maximum absolute atomic E-state index is 12.4. The fourth-order valence-electron chi connectivity index (χ4n) is 2.17. The van der Waals surface area contributed by atoms with Crippen molar-refractivity contribution in [3.05, 3.63) is 45.9 Å². The lowest BCUT2D eigenvalue weighted by Gasteiger charge is -2.09. The van der Waals surface area contributed by atoms with E-state index in [1.54, 1.807) is 12.3 Å². The van der Waals surface area contributed by atoms with E-state index < -0.39 is 22.9 Å². The Bertz CT molecular complexity index is 1070. The molecule has 3 rings (SSSR count). The molecule has 2 heterocycles. The first-order valence-corrected chi connectivity index (χ1v) is 8.35. The second kappa shape index (κ2) is 7.08. The molecule has 2 aromatic heterocycles. The van der Waals surface area contributed by atoms with E-state index in [4.69, 9.17) is 0 Å². The Hall–Kier alpha value is -3.65. The molecule has 0 aliphatic carbocycles. The number of nitrogens with zero attached hydrogens (tertiary/aromatic N) is 4. The van der Waals surface area contributed by atoms with Gasteiger partial charge in [0.25, 0.3) is 11.5 Å². The zero-order valence-corrected chi connectivity index (χ0v) is 14.1. The first-order valence-electron chi connectivity index (χ1n) is 7.12. The number of hydrogen-bond donors (Lipinski definition) is 4. The highest BCUT2D eigenvalue weighted by molar-refractivity contribution is 7.98. The van der Waals surface area contributed by atoms with Crippen molar-refractivity contribution in [2.45, 2.75) is 5.16 Å². The normalized spacial score (nSPS) is 10.3. The van der Waals surface area contributed by atoms with Crippen LogP contribution < -0.4 is 10.9 Å². The molecule has 1 amide bonds. The Balaban J connectivity index is 1.93. The lowest BCUT2D eigenvalue weighted by molar-refractivity contribution is 0.102. The summed E-state index contributed by atoms with van der Waals surface area (Å²) in [4.78, 5) is 30.5. The van der Waals surface area contributed by atoms with Crippen molar-refractivity contribution in [2.24, 2.45) is 0 Å². The average molecular weight is 369 g/mol. The van der Waals surface area contributed by atoms with Gasteiger partial charge < -0.3 is 15.4 Å². The Kier molecular flexibility index (Phi) is 4.68. The molecule has 130 valence electrons. The van der Waals surface area contributed by atoms with Gasteiger partial charge in [-0.15, -0.1) is 0 Å². The standard InChI is InChI=1S/C15H11N7O3S/c1-26-15-19-13(24)11(14(25)20-15)12(23)18-9-3-2-7(4-8(9)5-16)10-6-17-22-21-10/h2-4,6H,1H3,(H,18,23)(H,17,21,22)(H2,19,20,24,25). The van der Waals surface area contributed by atoms with Crippen molar-refractivity contribution in [1.29, 1.82) is 5.26 Å². The summed E-state index contributed by atoms with van der Waals surface area (Å²) in [6.07, 6.45) is 3.15. The van der Waals surface area contributed by atoms with Crippen molar-refractivity contribution < 1.29 is 9.90 Å². The van der Waals surface area contributed by atoms with Gasteiger partial charge in [-0.3, -0.25) is 9.59 Å². The molecule has 0 unspecified atom stereocenters.